The van der Waals surface area contributed by atoms with Crippen molar-refractivity contribution in [3.05, 3.63) is 23.9 Å². The van der Waals surface area contributed by atoms with E-state index in [0.29, 0.717) is 6.04 Å². The van der Waals surface area contributed by atoms with E-state index < -0.39 is 0 Å². The topological polar surface area (TPSA) is 42.2 Å². The Morgan fingerprint density at radius 1 is 1.31 bits per heavy atom. The summed E-state index contributed by atoms with van der Waals surface area (Å²) in [5.74, 6) is 0.725. The molecule has 0 aromatic carbocycles. The molecule has 2 aromatic rings. The Bertz CT molecular complexity index is 471. The van der Waals surface area contributed by atoms with Crippen molar-refractivity contribution in [3.63, 3.8) is 0 Å². The minimum atomic E-state index is 0.456. The normalized spacial score (nSPS) is 11.2. The van der Waals surface area contributed by atoms with E-state index >= 15 is 0 Å². The first kappa shape index (κ1) is 10.9. The van der Waals surface area contributed by atoms with Crippen molar-refractivity contribution in [3.8, 4) is 0 Å². The van der Waals surface area contributed by atoms with Crippen LogP contribution in [-0.4, -0.2) is 20.6 Å². The van der Waals surface area contributed by atoms with Crippen LogP contribution in [0.25, 0.3) is 5.65 Å². The summed E-state index contributed by atoms with van der Waals surface area (Å²) in [5, 5.41) is 7.79. The van der Waals surface area contributed by atoms with Gasteiger partial charge in [0.05, 0.1) is 0 Å². The summed E-state index contributed by atoms with van der Waals surface area (Å²) in [6.45, 7) is 6.37. The number of anilines is 1. The highest BCUT2D eigenvalue weighted by molar-refractivity contribution is 5.44. The molecule has 2 aromatic heterocycles. The average Bonchev–Trinajstić information content (AvgIpc) is 2.70. The molecule has 2 heterocycles. The minimum Gasteiger partial charge on any atom is -0.350 e. The second-order valence-corrected chi connectivity index (χ2v) is 4.03. The van der Waals surface area contributed by atoms with Gasteiger partial charge in [-0.1, -0.05) is 19.9 Å². The Balaban J connectivity index is 2.29. The van der Waals surface area contributed by atoms with Gasteiger partial charge in [0.15, 0.2) is 5.65 Å². The molecular formula is C12H18N4. The fourth-order valence-electron chi connectivity index (χ4n) is 1.77. The van der Waals surface area contributed by atoms with E-state index in [1.165, 1.54) is 0 Å². The van der Waals surface area contributed by atoms with Crippen LogP contribution in [0.1, 0.15) is 32.4 Å². The first-order chi connectivity index (χ1) is 7.74. The number of aromatic nitrogens is 3. The molecule has 0 fully saturated rings. The molecule has 0 amide bonds. The second kappa shape index (κ2) is 4.51. The number of hydrogen-bond donors (Lipinski definition) is 1. The van der Waals surface area contributed by atoms with Crippen molar-refractivity contribution >= 4 is 11.6 Å². The predicted octanol–water partition coefficient (Wildman–Crippen LogP) is 2.64. The Labute approximate surface area is 95.7 Å². The van der Waals surface area contributed by atoms with Crippen LogP contribution in [0.4, 0.5) is 5.95 Å². The van der Waals surface area contributed by atoms with Crippen molar-refractivity contribution < 1.29 is 0 Å². The molecule has 16 heavy (non-hydrogen) atoms. The predicted molar refractivity (Wildman–Crippen MR) is 65.7 cm³/mol. The van der Waals surface area contributed by atoms with E-state index in [4.69, 9.17) is 0 Å². The fraction of sp³-hybridized carbons (Fsp3) is 0.500. The van der Waals surface area contributed by atoms with Crippen molar-refractivity contribution in [1.82, 2.24) is 14.6 Å². The van der Waals surface area contributed by atoms with Gasteiger partial charge in [-0.2, -0.15) is 4.98 Å². The number of nitrogens with zero attached hydrogens (tertiary/aromatic N) is 3. The van der Waals surface area contributed by atoms with Gasteiger partial charge in [-0.3, -0.25) is 0 Å². The van der Waals surface area contributed by atoms with Crippen LogP contribution in [0, 0.1) is 6.92 Å². The van der Waals surface area contributed by atoms with Crippen LogP contribution in [-0.2, 0) is 0 Å². The quantitative estimate of drug-likeness (QED) is 0.857. The van der Waals surface area contributed by atoms with Gasteiger partial charge >= 0.3 is 0 Å². The zero-order valence-electron chi connectivity index (χ0n) is 10.1. The standard InChI is InChI=1S/C12H18N4/c1-4-10(5-2)13-12-14-11-8-6-7-9(3)16(11)15-12/h6-8,10H,4-5H2,1-3H3,(H,13,15). The third-order valence-electron chi connectivity index (χ3n) is 2.87. The molecule has 0 bridgehead atoms. The lowest BCUT2D eigenvalue weighted by Crippen LogP contribution is -2.17. The first-order valence-electron chi connectivity index (χ1n) is 5.83. The van der Waals surface area contributed by atoms with Gasteiger partial charge < -0.3 is 5.32 Å². The molecule has 0 aliphatic heterocycles. The summed E-state index contributed by atoms with van der Waals surface area (Å²) < 4.78 is 1.87. The molecule has 0 aliphatic carbocycles. The maximum absolute atomic E-state index is 4.45. The number of rotatable bonds is 4. The van der Waals surface area contributed by atoms with Gasteiger partial charge in [-0.25, -0.2) is 4.52 Å². The van der Waals surface area contributed by atoms with Crippen LogP contribution in [0.3, 0.4) is 0 Å². The molecule has 0 unspecified atom stereocenters. The number of hydrogen-bond acceptors (Lipinski definition) is 3. The summed E-state index contributed by atoms with van der Waals surface area (Å²) in [7, 11) is 0. The van der Waals surface area contributed by atoms with Crippen LogP contribution in [0.2, 0.25) is 0 Å². The third-order valence-corrected chi connectivity index (χ3v) is 2.87. The monoisotopic (exact) mass is 218 g/mol. The number of fused-ring (bicyclic) bond motifs is 1. The average molecular weight is 218 g/mol. The van der Waals surface area contributed by atoms with Gasteiger partial charge in [0, 0.05) is 11.7 Å². The van der Waals surface area contributed by atoms with E-state index in [-0.39, 0.29) is 0 Å². The Morgan fingerprint density at radius 3 is 2.69 bits per heavy atom. The zero-order valence-corrected chi connectivity index (χ0v) is 10.1. The molecular weight excluding hydrogens is 200 g/mol. The smallest absolute Gasteiger partial charge is 0.243 e. The summed E-state index contributed by atoms with van der Waals surface area (Å²) in [5.41, 5.74) is 2.00. The molecule has 0 spiro atoms. The van der Waals surface area contributed by atoms with E-state index in [9.17, 15) is 0 Å². The molecule has 1 N–H and O–H groups in total. The SMILES string of the molecule is CCC(CC)Nc1nc2cccc(C)n2n1. The lowest BCUT2D eigenvalue weighted by atomic mass is 10.2. The fourth-order valence-corrected chi connectivity index (χ4v) is 1.77. The van der Waals surface area contributed by atoms with Crippen molar-refractivity contribution in [2.24, 2.45) is 0 Å². The minimum absolute atomic E-state index is 0.456. The van der Waals surface area contributed by atoms with Crippen LogP contribution in [0.15, 0.2) is 18.2 Å². The Morgan fingerprint density at radius 2 is 2.06 bits per heavy atom. The van der Waals surface area contributed by atoms with Crippen molar-refractivity contribution in [2.45, 2.75) is 39.7 Å². The van der Waals surface area contributed by atoms with E-state index in [1.807, 2.05) is 29.6 Å². The zero-order chi connectivity index (χ0) is 11.5. The van der Waals surface area contributed by atoms with Gasteiger partial charge in [-0.15, -0.1) is 5.10 Å². The lowest BCUT2D eigenvalue weighted by molar-refractivity contribution is 0.664. The molecule has 0 radical (unpaired) electrons. The summed E-state index contributed by atoms with van der Waals surface area (Å²) in [4.78, 5) is 4.45. The number of aryl methyl sites for hydroxylation is 1. The van der Waals surface area contributed by atoms with Crippen molar-refractivity contribution in [1.29, 1.82) is 0 Å². The summed E-state index contributed by atoms with van der Waals surface area (Å²) in [6, 6.07) is 6.46. The van der Waals surface area contributed by atoms with E-state index in [1.54, 1.807) is 0 Å². The van der Waals surface area contributed by atoms with Gasteiger partial charge in [-0.05, 0) is 31.9 Å². The number of pyridine rings is 1. The molecule has 2 rings (SSSR count). The maximum atomic E-state index is 4.45. The van der Waals surface area contributed by atoms with Gasteiger partial charge in [0.2, 0.25) is 5.95 Å². The summed E-state index contributed by atoms with van der Waals surface area (Å²) >= 11 is 0. The molecule has 0 atom stereocenters. The van der Waals surface area contributed by atoms with Gasteiger partial charge in [0.1, 0.15) is 0 Å². The summed E-state index contributed by atoms with van der Waals surface area (Å²) in [6.07, 6.45) is 2.18. The molecule has 0 saturated heterocycles. The Kier molecular flexibility index (Phi) is 3.08. The highest BCUT2D eigenvalue weighted by atomic mass is 15.4. The number of nitrogens with one attached hydrogen (secondary N) is 1. The molecule has 0 saturated carbocycles. The highest BCUT2D eigenvalue weighted by Crippen LogP contribution is 2.10. The molecule has 0 aliphatic rings. The van der Waals surface area contributed by atoms with Crippen LogP contribution < -0.4 is 5.32 Å². The van der Waals surface area contributed by atoms with E-state index in [0.717, 1.165) is 30.1 Å². The molecule has 86 valence electrons. The van der Waals surface area contributed by atoms with E-state index in [2.05, 4.69) is 29.2 Å². The molecule has 4 heteroatoms. The maximum Gasteiger partial charge on any atom is 0.243 e. The van der Waals surface area contributed by atoms with Crippen LogP contribution >= 0.6 is 0 Å². The third kappa shape index (κ3) is 2.01. The van der Waals surface area contributed by atoms with Crippen molar-refractivity contribution in [2.75, 3.05) is 5.32 Å². The highest BCUT2D eigenvalue weighted by Gasteiger charge is 2.08. The van der Waals surface area contributed by atoms with Gasteiger partial charge in [0.25, 0.3) is 0 Å². The second-order valence-electron chi connectivity index (χ2n) is 4.03. The largest absolute Gasteiger partial charge is 0.350 e. The molecule has 4 nitrogen and oxygen atoms in total. The lowest BCUT2D eigenvalue weighted by Gasteiger charge is -2.11. The Hall–Kier alpha value is -1.58. The first-order valence-corrected chi connectivity index (χ1v) is 5.83. The van der Waals surface area contributed by atoms with Crippen LogP contribution in [0.5, 0.6) is 0 Å².